The van der Waals surface area contributed by atoms with Crippen molar-refractivity contribution < 1.29 is 0 Å². The van der Waals surface area contributed by atoms with Crippen LogP contribution >= 0.6 is 0 Å². The Morgan fingerprint density at radius 3 is 1.56 bits per heavy atom. The Kier molecular flexibility index (Phi) is 6.78. The molecule has 5 aromatic heterocycles. The van der Waals surface area contributed by atoms with Gasteiger partial charge in [-0.1, -0.05) is 91.0 Å². The Balaban J connectivity index is 1.01. The van der Waals surface area contributed by atoms with Crippen LogP contribution in [0.3, 0.4) is 0 Å². The summed E-state index contributed by atoms with van der Waals surface area (Å²) in [6, 6.07) is 59.7. The largest absolute Gasteiger partial charge is 0.309 e. The average molecular weight is 728 g/mol. The molecular formula is C52H33N5. The molecule has 0 saturated heterocycles. The topological polar surface area (TPSA) is 48.5 Å². The maximum Gasteiger partial charge on any atom is 0.0715 e. The van der Waals surface area contributed by atoms with E-state index in [9.17, 15) is 0 Å². The average Bonchev–Trinajstić information content (AvgIpc) is 3.92. The normalized spacial score (nSPS) is 13.1. The van der Waals surface area contributed by atoms with Crippen LogP contribution < -0.4 is 0 Å². The summed E-state index contributed by atoms with van der Waals surface area (Å²) in [5, 5.41) is 4.87. The van der Waals surface area contributed by atoms with Gasteiger partial charge < -0.3 is 9.13 Å². The molecule has 0 N–H and O–H groups in total. The van der Waals surface area contributed by atoms with Gasteiger partial charge in [0, 0.05) is 70.1 Å². The number of fused-ring (bicyclic) bond motifs is 10. The molecule has 6 aromatic carbocycles. The lowest BCUT2D eigenvalue weighted by atomic mass is 9.68. The fraction of sp³-hybridized carbons (Fsp3) is 0.0192. The first-order chi connectivity index (χ1) is 28.3. The molecule has 0 atom stereocenters. The number of pyridine rings is 3. The third kappa shape index (κ3) is 4.42. The molecule has 266 valence electrons. The summed E-state index contributed by atoms with van der Waals surface area (Å²) >= 11 is 0. The second-order valence-corrected chi connectivity index (χ2v) is 14.8. The predicted octanol–water partition coefficient (Wildman–Crippen LogP) is 12.1. The van der Waals surface area contributed by atoms with Crippen molar-refractivity contribution >= 4 is 43.6 Å². The Morgan fingerprint density at radius 2 is 0.895 bits per heavy atom. The van der Waals surface area contributed by atoms with Crippen LogP contribution in [0, 0.1) is 0 Å². The zero-order chi connectivity index (χ0) is 37.5. The van der Waals surface area contributed by atoms with Gasteiger partial charge in [0.15, 0.2) is 0 Å². The minimum Gasteiger partial charge on any atom is -0.309 e. The van der Waals surface area contributed by atoms with Gasteiger partial charge >= 0.3 is 0 Å². The Hall–Kier alpha value is -7.63. The second-order valence-electron chi connectivity index (χ2n) is 14.8. The smallest absolute Gasteiger partial charge is 0.0715 e. The molecule has 1 aliphatic carbocycles. The predicted molar refractivity (Wildman–Crippen MR) is 231 cm³/mol. The molecule has 0 amide bonds. The lowest BCUT2D eigenvalue weighted by Crippen LogP contribution is -2.28. The lowest BCUT2D eigenvalue weighted by molar-refractivity contribution is 0.764. The molecule has 5 heterocycles. The van der Waals surface area contributed by atoms with Crippen molar-refractivity contribution in [1.82, 2.24) is 24.1 Å². The maximum atomic E-state index is 4.42. The summed E-state index contributed by atoms with van der Waals surface area (Å²) in [6.45, 7) is 0. The van der Waals surface area contributed by atoms with E-state index in [1.54, 1.807) is 0 Å². The zero-order valence-corrected chi connectivity index (χ0v) is 30.8. The van der Waals surface area contributed by atoms with Gasteiger partial charge in [-0.3, -0.25) is 15.0 Å². The summed E-state index contributed by atoms with van der Waals surface area (Å²) in [5.41, 5.74) is 16.2. The van der Waals surface area contributed by atoms with Crippen molar-refractivity contribution in [2.45, 2.75) is 5.41 Å². The van der Waals surface area contributed by atoms with Gasteiger partial charge in [0.2, 0.25) is 0 Å². The van der Waals surface area contributed by atoms with E-state index >= 15 is 0 Å². The first-order valence-electron chi connectivity index (χ1n) is 19.3. The fourth-order valence-electron chi connectivity index (χ4n) is 9.80. The lowest BCUT2D eigenvalue weighted by Gasteiger charge is -2.33. The van der Waals surface area contributed by atoms with E-state index < -0.39 is 5.41 Å². The molecule has 0 saturated carbocycles. The van der Waals surface area contributed by atoms with Crippen LogP contribution in [0.2, 0.25) is 0 Å². The fourth-order valence-corrected chi connectivity index (χ4v) is 9.80. The number of aromatic nitrogens is 5. The van der Waals surface area contributed by atoms with Crippen LogP contribution in [0.25, 0.3) is 77.2 Å². The Labute approximate surface area is 328 Å². The van der Waals surface area contributed by atoms with Crippen molar-refractivity contribution in [2.75, 3.05) is 0 Å². The van der Waals surface area contributed by atoms with E-state index in [0.717, 1.165) is 22.3 Å². The number of benzene rings is 6. The monoisotopic (exact) mass is 727 g/mol. The molecule has 11 aromatic rings. The molecule has 0 radical (unpaired) electrons. The van der Waals surface area contributed by atoms with E-state index in [-0.39, 0.29) is 0 Å². The summed E-state index contributed by atoms with van der Waals surface area (Å²) in [5.74, 6) is 0. The van der Waals surface area contributed by atoms with Crippen molar-refractivity contribution in [1.29, 1.82) is 0 Å². The third-order valence-corrected chi connectivity index (χ3v) is 12.1. The van der Waals surface area contributed by atoms with E-state index in [0.29, 0.717) is 0 Å². The molecule has 57 heavy (non-hydrogen) atoms. The van der Waals surface area contributed by atoms with Gasteiger partial charge in [0.25, 0.3) is 0 Å². The zero-order valence-electron chi connectivity index (χ0n) is 30.8. The summed E-state index contributed by atoms with van der Waals surface area (Å²) in [6.07, 6.45) is 11.5. The van der Waals surface area contributed by atoms with Gasteiger partial charge in [-0.15, -0.1) is 0 Å². The van der Waals surface area contributed by atoms with Gasteiger partial charge in [-0.05, 0) is 117 Å². The van der Waals surface area contributed by atoms with Crippen LogP contribution in [0.15, 0.2) is 201 Å². The molecule has 0 spiro atoms. The SMILES string of the molecule is c1ccc2c(c1)-c1c(ccc3c1c1ccccc1n3-c1ccc(-c3ccc(-n4c5ccccc5c5cnccc54)cc3)cc1)C2(c1ccncc1)c1ccncc1. The molecule has 0 unspecified atom stereocenters. The number of hydrogen-bond donors (Lipinski definition) is 0. The van der Waals surface area contributed by atoms with E-state index in [1.807, 2.05) is 37.2 Å². The third-order valence-electron chi connectivity index (χ3n) is 12.1. The highest BCUT2D eigenvalue weighted by atomic mass is 15.0. The molecule has 12 rings (SSSR count). The Morgan fingerprint density at radius 1 is 0.368 bits per heavy atom. The second kappa shape index (κ2) is 12.2. The van der Waals surface area contributed by atoms with Crippen molar-refractivity contribution in [3.63, 3.8) is 0 Å². The molecule has 5 heteroatoms. The van der Waals surface area contributed by atoms with E-state index in [1.165, 1.54) is 77.2 Å². The Bertz CT molecular complexity index is 3230. The van der Waals surface area contributed by atoms with Gasteiger partial charge in [-0.25, -0.2) is 0 Å². The first-order valence-corrected chi connectivity index (χ1v) is 19.3. The highest BCUT2D eigenvalue weighted by Crippen LogP contribution is 2.58. The van der Waals surface area contributed by atoms with Gasteiger partial charge in [0.1, 0.15) is 0 Å². The minimum absolute atomic E-state index is 0.523. The molecular weight excluding hydrogens is 695 g/mol. The molecule has 5 nitrogen and oxygen atoms in total. The number of nitrogens with zero attached hydrogens (tertiary/aromatic N) is 5. The molecule has 1 aliphatic rings. The highest BCUT2D eigenvalue weighted by molar-refractivity contribution is 6.18. The molecule has 0 bridgehead atoms. The summed E-state index contributed by atoms with van der Waals surface area (Å²) < 4.78 is 4.76. The maximum absolute atomic E-state index is 4.42. The summed E-state index contributed by atoms with van der Waals surface area (Å²) in [7, 11) is 0. The van der Waals surface area contributed by atoms with Crippen LogP contribution in [0.1, 0.15) is 22.3 Å². The number of hydrogen-bond acceptors (Lipinski definition) is 3. The number of rotatable bonds is 5. The van der Waals surface area contributed by atoms with Gasteiger partial charge in [0.05, 0.1) is 27.5 Å². The van der Waals surface area contributed by atoms with Crippen LogP contribution in [0.4, 0.5) is 0 Å². The van der Waals surface area contributed by atoms with E-state index in [2.05, 4.69) is 188 Å². The minimum atomic E-state index is -0.523. The standard InChI is InChI=1S/C52H33N5/c1-4-10-44-41(8-1)50-45(52(44,36-23-28-53-29-24-36)37-25-30-54-31-26-37)21-22-49-51(50)42-9-3-6-12-47(42)57(49)39-19-15-35(16-20-39)34-13-17-38(18-14-34)56-46-11-5-2-7-40(46)43-33-55-32-27-48(43)56/h1-33H. The van der Waals surface area contributed by atoms with Crippen LogP contribution in [0.5, 0.6) is 0 Å². The van der Waals surface area contributed by atoms with E-state index in [4.69, 9.17) is 0 Å². The van der Waals surface area contributed by atoms with Crippen LogP contribution in [-0.4, -0.2) is 24.1 Å². The van der Waals surface area contributed by atoms with Crippen molar-refractivity contribution in [3.8, 4) is 33.6 Å². The quantitative estimate of drug-likeness (QED) is 0.177. The van der Waals surface area contributed by atoms with Crippen molar-refractivity contribution in [3.05, 3.63) is 223 Å². The van der Waals surface area contributed by atoms with Crippen molar-refractivity contribution in [2.24, 2.45) is 0 Å². The van der Waals surface area contributed by atoms with Crippen LogP contribution in [-0.2, 0) is 5.41 Å². The molecule has 0 fully saturated rings. The first kappa shape index (κ1) is 31.7. The van der Waals surface area contributed by atoms with Gasteiger partial charge in [-0.2, -0.15) is 0 Å². The highest BCUT2D eigenvalue weighted by Gasteiger charge is 2.47. The number of para-hydroxylation sites is 2. The summed E-state index contributed by atoms with van der Waals surface area (Å²) in [4.78, 5) is 13.3. The molecule has 0 aliphatic heterocycles.